The maximum atomic E-state index is 12.8. The van der Waals surface area contributed by atoms with E-state index in [1.54, 1.807) is 22.8 Å². The molecule has 0 atom stereocenters. The minimum Gasteiger partial charge on any atom is -0.507 e. The summed E-state index contributed by atoms with van der Waals surface area (Å²) in [5, 5.41) is 14.4. The lowest BCUT2D eigenvalue weighted by Crippen LogP contribution is -2.31. The van der Waals surface area contributed by atoms with Crippen molar-refractivity contribution in [1.29, 1.82) is 0 Å². The number of hydrogen-bond donors (Lipinski definition) is 1. The molecule has 13 aromatic rings. The first kappa shape index (κ1) is 40.0. The number of hydrogen-bond acceptors (Lipinski definition) is 3. The van der Waals surface area contributed by atoms with Gasteiger partial charge < -0.3 is 9.52 Å². The highest BCUT2D eigenvalue weighted by molar-refractivity contribution is 6.11. The fraction of sp³-hybridized carbons (Fsp3) is 0.162. The number of furan rings is 1. The Bertz CT molecular complexity index is 5010. The highest BCUT2D eigenvalue weighted by Gasteiger charge is 2.31. The van der Waals surface area contributed by atoms with Crippen LogP contribution in [-0.2, 0) is 16.2 Å². The van der Waals surface area contributed by atoms with E-state index in [4.69, 9.17) is 17.6 Å². The van der Waals surface area contributed by atoms with Gasteiger partial charge in [-0.15, -0.1) is 0 Å². The van der Waals surface area contributed by atoms with Crippen molar-refractivity contribution in [2.45, 2.75) is 78.6 Å². The van der Waals surface area contributed by atoms with Crippen LogP contribution < -0.4 is 4.57 Å². The fourth-order valence-corrected chi connectivity index (χ4v) is 11.1. The van der Waals surface area contributed by atoms with Gasteiger partial charge in [-0.05, 0) is 103 Å². The molecule has 0 unspecified atom stereocenters. The van der Waals surface area contributed by atoms with E-state index in [1.165, 1.54) is 0 Å². The van der Waals surface area contributed by atoms with E-state index in [-0.39, 0.29) is 44.5 Å². The number of benzene rings is 10. The van der Waals surface area contributed by atoms with Gasteiger partial charge in [0.1, 0.15) is 28.4 Å². The first-order valence-corrected chi connectivity index (χ1v) is 26.9. The molecule has 0 amide bonds. The van der Waals surface area contributed by atoms with Gasteiger partial charge >= 0.3 is 0 Å². The molecule has 0 radical (unpaired) electrons. The topological polar surface area (TPSA) is 60.0 Å². The lowest BCUT2D eigenvalue weighted by Gasteiger charge is -2.28. The number of aromatic hydroxyl groups is 1. The van der Waals surface area contributed by atoms with Gasteiger partial charge in [-0.2, -0.15) is 0 Å². The van der Waals surface area contributed by atoms with Crippen LogP contribution >= 0.6 is 0 Å². The number of fused-ring (bicyclic) bond motifs is 5. The Labute approximate surface area is 482 Å². The van der Waals surface area contributed by atoms with Gasteiger partial charge in [-0.1, -0.05) is 238 Å². The van der Waals surface area contributed by atoms with Gasteiger partial charge in [0.25, 0.3) is 6.33 Å². The molecular weight excluding hydrogens is 977 g/mol. The summed E-state index contributed by atoms with van der Waals surface area (Å²) in [5.41, 5.74) is 11.2. The second-order valence-electron chi connectivity index (χ2n) is 23.6. The highest BCUT2D eigenvalue weighted by Crippen LogP contribution is 2.47. The maximum Gasteiger partial charge on any atom is 0.270 e. The van der Waals surface area contributed by atoms with Crippen LogP contribution in [0, 0.1) is 6.33 Å². The number of para-hydroxylation sites is 5. The van der Waals surface area contributed by atoms with Gasteiger partial charge in [0.15, 0.2) is 0 Å². The van der Waals surface area contributed by atoms with Crippen molar-refractivity contribution in [2.24, 2.45) is 0 Å². The Morgan fingerprint density at radius 3 is 1.80 bits per heavy atom. The van der Waals surface area contributed by atoms with Gasteiger partial charge in [0, 0.05) is 27.5 Å². The van der Waals surface area contributed by atoms with Crippen molar-refractivity contribution in [2.75, 3.05) is 0 Å². The minimum atomic E-state index is -0.587. The van der Waals surface area contributed by atoms with Crippen molar-refractivity contribution in [3.8, 4) is 78.7 Å². The minimum absolute atomic E-state index is 0.123. The second-order valence-corrected chi connectivity index (χ2v) is 23.6. The summed E-state index contributed by atoms with van der Waals surface area (Å²) in [6.45, 7) is 19.5. The molecule has 0 aliphatic carbocycles. The summed E-state index contributed by atoms with van der Waals surface area (Å²) in [6.07, 6.45) is 3.61. The molecule has 6 heteroatoms. The normalized spacial score (nSPS) is 14.1. The van der Waals surface area contributed by atoms with E-state index < -0.39 is 65.8 Å². The smallest absolute Gasteiger partial charge is 0.270 e. The lowest BCUT2D eigenvalue weighted by atomic mass is 9.79. The molecule has 392 valence electrons. The average Bonchev–Trinajstić information content (AvgIpc) is 1.50. The van der Waals surface area contributed by atoms with Crippen molar-refractivity contribution < 1.29 is 27.8 Å². The van der Waals surface area contributed by atoms with Crippen molar-refractivity contribution in [3.63, 3.8) is 0 Å². The van der Waals surface area contributed by atoms with Crippen LogP contribution in [0.3, 0.4) is 0 Å². The zero-order chi connectivity index (χ0) is 63.9. The second kappa shape index (κ2) is 19.0. The first-order chi connectivity index (χ1) is 42.6. The van der Waals surface area contributed by atoms with E-state index in [1.807, 2.05) is 89.5 Å². The number of rotatable bonds is 8. The molecular formula is C74H64N4O2. The van der Waals surface area contributed by atoms with Crippen molar-refractivity contribution in [3.05, 3.63) is 241 Å². The van der Waals surface area contributed by atoms with E-state index in [0.29, 0.717) is 44.8 Å². The summed E-state index contributed by atoms with van der Waals surface area (Å²) in [4.78, 5) is 5.74. The largest absolute Gasteiger partial charge is 0.507 e. The third kappa shape index (κ3) is 8.58. The highest BCUT2D eigenvalue weighted by atomic mass is 16.3. The molecule has 13 rings (SSSR count). The summed E-state index contributed by atoms with van der Waals surface area (Å²) < 4.78 is 102. The van der Waals surface area contributed by atoms with E-state index in [0.717, 1.165) is 60.9 Å². The molecule has 0 bridgehead atoms. The number of aromatic nitrogens is 4. The SMILES string of the molecule is [2H]c1c([2H])c([2H])c(-c2cccc(-c3c([2H])c([2H])c([2H])c([2H])c3[2H])c2-[n+]2[c-]n(-c3cc(-c4cccc5c4nc(-c4cc(C(C)(C)C)cc(C(C)(C)C)c4O)n5-c4ccc(C(C)(C)C)cc4-c4ccccc4)cc4c3oc3ccccc34)c3ccccc32)c([2H])c1[2H]. The zero-order valence-corrected chi connectivity index (χ0v) is 46.2. The molecule has 3 aromatic heterocycles. The standard InChI is InChI=1S/C74H64N4O2/c1-72(2,3)51-39-40-61(57(43-51)49-29-17-12-18-30-49)78-64-37-24-32-53(67(64)75-71(78)59-44-52(73(4,5)6)45-60(69(59)79)74(7,8)9)50-41-58-56-31-19-22-38-66(56)80-70(58)65(42-50)76-46-77(63-36-21-20-35-62(63)76)68-54(47-25-13-10-14-26-47)33-23-34-55(68)48-27-15-11-16-28-48/h10-45,79H,1-9H3/i10D,11D,13D,14D,15D,16D,25D,26D,27D,28D. The zero-order valence-electron chi connectivity index (χ0n) is 56.2. The molecule has 0 saturated carbocycles. The molecule has 3 heterocycles. The lowest BCUT2D eigenvalue weighted by molar-refractivity contribution is -0.571. The summed E-state index contributed by atoms with van der Waals surface area (Å²) >= 11 is 0. The Morgan fingerprint density at radius 2 is 1.11 bits per heavy atom. The molecule has 0 aliphatic rings. The number of imidazole rings is 2. The quantitative estimate of drug-likeness (QED) is 0.122. The number of phenolic OH excluding ortho intramolecular Hbond substituents is 1. The Morgan fingerprint density at radius 1 is 0.500 bits per heavy atom. The Kier molecular flexibility index (Phi) is 9.49. The summed E-state index contributed by atoms with van der Waals surface area (Å²) in [5.74, 6) is 0.682. The van der Waals surface area contributed by atoms with Crippen LogP contribution in [0.5, 0.6) is 5.75 Å². The van der Waals surface area contributed by atoms with Crippen LogP contribution in [0.25, 0.3) is 117 Å². The average molecular weight is 1050 g/mol. The molecule has 80 heavy (non-hydrogen) atoms. The van der Waals surface area contributed by atoms with Crippen LogP contribution in [0.15, 0.2) is 223 Å². The first-order valence-electron chi connectivity index (χ1n) is 31.9. The number of phenols is 1. The van der Waals surface area contributed by atoms with Crippen LogP contribution in [0.2, 0.25) is 0 Å². The maximum absolute atomic E-state index is 12.8. The van der Waals surface area contributed by atoms with Crippen molar-refractivity contribution in [1.82, 2.24) is 14.1 Å². The Hall–Kier alpha value is -9.26. The number of nitrogens with zero attached hydrogens (tertiary/aromatic N) is 4. The summed E-state index contributed by atoms with van der Waals surface area (Å²) in [6, 6.07) is 46.0. The molecule has 0 fully saturated rings. The van der Waals surface area contributed by atoms with Gasteiger partial charge in [-0.25, -0.2) is 4.98 Å². The van der Waals surface area contributed by atoms with E-state index in [2.05, 4.69) is 128 Å². The van der Waals surface area contributed by atoms with E-state index in [9.17, 15) is 10.6 Å². The van der Waals surface area contributed by atoms with Crippen molar-refractivity contribution >= 4 is 44.0 Å². The fourth-order valence-electron chi connectivity index (χ4n) is 11.1. The molecule has 0 saturated heterocycles. The molecule has 6 nitrogen and oxygen atoms in total. The van der Waals surface area contributed by atoms with Gasteiger partial charge in [0.2, 0.25) is 0 Å². The molecule has 10 aromatic carbocycles. The molecule has 0 aliphatic heterocycles. The van der Waals surface area contributed by atoms with Crippen LogP contribution in [0.4, 0.5) is 0 Å². The van der Waals surface area contributed by atoms with Crippen LogP contribution in [0.1, 0.15) is 92.7 Å². The van der Waals surface area contributed by atoms with Gasteiger partial charge in [-0.3, -0.25) is 13.7 Å². The monoisotopic (exact) mass is 1050 g/mol. The Balaban J connectivity index is 1.14. The van der Waals surface area contributed by atoms with Gasteiger partial charge in [0.05, 0.1) is 52.7 Å². The summed E-state index contributed by atoms with van der Waals surface area (Å²) in [7, 11) is 0. The predicted octanol–water partition coefficient (Wildman–Crippen LogP) is 18.9. The third-order valence-electron chi connectivity index (χ3n) is 15.3. The third-order valence-corrected chi connectivity index (χ3v) is 15.3. The molecule has 0 spiro atoms. The van der Waals surface area contributed by atoms with Crippen LogP contribution in [-0.4, -0.2) is 19.2 Å². The predicted molar refractivity (Wildman–Crippen MR) is 330 cm³/mol. The van der Waals surface area contributed by atoms with E-state index >= 15 is 0 Å². The molecule has 1 N–H and O–H groups in total.